The van der Waals surface area contributed by atoms with E-state index in [0.717, 1.165) is 32.4 Å². The van der Waals surface area contributed by atoms with Gasteiger partial charge in [0.1, 0.15) is 5.54 Å². The number of piperidine rings is 1. The standard InChI is InChI=1S/C13H24N2O3/c1-4-7-13(3,12(17)18)14-11-5-8-15(9-6-11)10(2)16/h11,14H,4-9H2,1-3H3,(H,17,18). The van der Waals surface area contributed by atoms with Crippen molar-refractivity contribution >= 4 is 11.9 Å². The Bertz CT molecular complexity index is 311. The number of aliphatic carboxylic acids is 1. The number of amides is 1. The highest BCUT2D eigenvalue weighted by molar-refractivity contribution is 5.78. The lowest BCUT2D eigenvalue weighted by Crippen LogP contribution is -2.56. The van der Waals surface area contributed by atoms with Gasteiger partial charge in [0.05, 0.1) is 0 Å². The number of hydrogen-bond acceptors (Lipinski definition) is 3. The van der Waals surface area contributed by atoms with Crippen molar-refractivity contribution in [2.45, 2.75) is 58.0 Å². The van der Waals surface area contributed by atoms with Crippen molar-refractivity contribution in [3.63, 3.8) is 0 Å². The minimum atomic E-state index is -0.849. The molecule has 1 aliphatic heterocycles. The summed E-state index contributed by atoms with van der Waals surface area (Å²) >= 11 is 0. The van der Waals surface area contributed by atoms with Gasteiger partial charge in [0.2, 0.25) is 5.91 Å². The SMILES string of the molecule is CCCC(C)(NC1CCN(C(C)=O)CC1)C(=O)O. The van der Waals surface area contributed by atoms with E-state index in [4.69, 9.17) is 0 Å². The van der Waals surface area contributed by atoms with E-state index in [2.05, 4.69) is 5.32 Å². The first kappa shape index (κ1) is 15.0. The molecule has 0 aromatic rings. The maximum absolute atomic E-state index is 11.3. The topological polar surface area (TPSA) is 69.6 Å². The van der Waals surface area contributed by atoms with Crippen LogP contribution in [0.1, 0.15) is 46.5 Å². The molecule has 1 fully saturated rings. The Morgan fingerprint density at radius 3 is 2.33 bits per heavy atom. The van der Waals surface area contributed by atoms with E-state index in [1.54, 1.807) is 13.8 Å². The lowest BCUT2D eigenvalue weighted by atomic mass is 9.93. The molecule has 0 aromatic carbocycles. The largest absolute Gasteiger partial charge is 0.480 e. The zero-order chi connectivity index (χ0) is 13.8. The Morgan fingerprint density at radius 1 is 1.39 bits per heavy atom. The van der Waals surface area contributed by atoms with Crippen LogP contribution in [0, 0.1) is 0 Å². The molecular formula is C13H24N2O3. The molecule has 1 atom stereocenters. The van der Waals surface area contributed by atoms with Gasteiger partial charge >= 0.3 is 5.97 Å². The molecule has 2 N–H and O–H groups in total. The van der Waals surface area contributed by atoms with Crippen molar-refractivity contribution < 1.29 is 14.7 Å². The quantitative estimate of drug-likeness (QED) is 0.776. The number of likely N-dealkylation sites (tertiary alicyclic amines) is 1. The van der Waals surface area contributed by atoms with Gasteiger partial charge in [-0.15, -0.1) is 0 Å². The molecule has 0 aromatic heterocycles. The highest BCUT2D eigenvalue weighted by Crippen LogP contribution is 2.18. The van der Waals surface area contributed by atoms with Gasteiger partial charge in [-0.2, -0.15) is 0 Å². The maximum Gasteiger partial charge on any atom is 0.323 e. The van der Waals surface area contributed by atoms with Gasteiger partial charge in [-0.3, -0.25) is 14.9 Å². The number of nitrogens with zero attached hydrogens (tertiary/aromatic N) is 1. The van der Waals surface area contributed by atoms with Crippen LogP contribution in [0.4, 0.5) is 0 Å². The smallest absolute Gasteiger partial charge is 0.323 e. The van der Waals surface area contributed by atoms with Crippen molar-refractivity contribution in [3.05, 3.63) is 0 Å². The molecule has 0 saturated carbocycles. The second kappa shape index (κ2) is 6.18. The van der Waals surface area contributed by atoms with E-state index >= 15 is 0 Å². The Labute approximate surface area is 109 Å². The van der Waals surface area contributed by atoms with Gasteiger partial charge in [0, 0.05) is 26.1 Å². The second-order valence-corrected chi connectivity index (χ2v) is 5.31. The lowest BCUT2D eigenvalue weighted by Gasteiger charge is -2.37. The van der Waals surface area contributed by atoms with Crippen molar-refractivity contribution in [2.75, 3.05) is 13.1 Å². The van der Waals surface area contributed by atoms with Crippen molar-refractivity contribution in [1.29, 1.82) is 0 Å². The Hall–Kier alpha value is -1.10. The summed E-state index contributed by atoms with van der Waals surface area (Å²) in [6, 6.07) is 0.188. The molecule has 1 unspecified atom stereocenters. The fraction of sp³-hybridized carbons (Fsp3) is 0.846. The predicted molar refractivity (Wildman–Crippen MR) is 69.4 cm³/mol. The molecule has 1 aliphatic rings. The summed E-state index contributed by atoms with van der Waals surface area (Å²) in [5.74, 6) is -0.693. The first-order valence-corrected chi connectivity index (χ1v) is 6.65. The number of carboxylic acids is 1. The molecule has 5 heteroatoms. The molecule has 1 amide bonds. The molecule has 5 nitrogen and oxygen atoms in total. The molecule has 0 aliphatic carbocycles. The van der Waals surface area contributed by atoms with Crippen LogP contribution in [-0.4, -0.2) is 46.6 Å². The number of rotatable bonds is 5. The number of nitrogens with one attached hydrogen (secondary N) is 1. The average Bonchev–Trinajstić information content (AvgIpc) is 2.29. The molecule has 104 valence electrons. The summed E-state index contributed by atoms with van der Waals surface area (Å²) in [5, 5.41) is 12.6. The van der Waals surface area contributed by atoms with Crippen LogP contribution in [0.25, 0.3) is 0 Å². The average molecular weight is 256 g/mol. The first-order chi connectivity index (χ1) is 8.39. The van der Waals surface area contributed by atoms with E-state index in [9.17, 15) is 14.7 Å². The number of carbonyl (C=O) groups excluding carboxylic acids is 1. The fourth-order valence-corrected chi connectivity index (χ4v) is 2.53. The van der Waals surface area contributed by atoms with Gasteiger partial charge < -0.3 is 10.0 Å². The highest BCUT2D eigenvalue weighted by atomic mass is 16.4. The molecule has 1 rings (SSSR count). The zero-order valence-electron chi connectivity index (χ0n) is 11.5. The highest BCUT2D eigenvalue weighted by Gasteiger charge is 2.35. The van der Waals surface area contributed by atoms with Gasteiger partial charge in [-0.05, 0) is 26.2 Å². The lowest BCUT2D eigenvalue weighted by molar-refractivity contribution is -0.145. The third-order valence-electron chi connectivity index (χ3n) is 3.69. The number of carboxylic acid groups (broad SMARTS) is 1. The molecule has 1 saturated heterocycles. The van der Waals surface area contributed by atoms with E-state index in [1.807, 2.05) is 11.8 Å². The van der Waals surface area contributed by atoms with Crippen molar-refractivity contribution in [1.82, 2.24) is 10.2 Å². The van der Waals surface area contributed by atoms with Crippen LogP contribution < -0.4 is 5.32 Å². The monoisotopic (exact) mass is 256 g/mol. The minimum absolute atomic E-state index is 0.100. The van der Waals surface area contributed by atoms with E-state index in [0.29, 0.717) is 6.42 Å². The normalized spacial score (nSPS) is 20.5. The summed E-state index contributed by atoms with van der Waals surface area (Å²) in [6.07, 6.45) is 3.11. The third kappa shape index (κ3) is 3.70. The zero-order valence-corrected chi connectivity index (χ0v) is 11.5. The summed E-state index contributed by atoms with van der Waals surface area (Å²) in [4.78, 5) is 24.4. The van der Waals surface area contributed by atoms with Gasteiger partial charge in [-0.25, -0.2) is 0 Å². The minimum Gasteiger partial charge on any atom is -0.480 e. The van der Waals surface area contributed by atoms with Crippen LogP contribution in [0.3, 0.4) is 0 Å². The van der Waals surface area contributed by atoms with E-state index < -0.39 is 11.5 Å². The summed E-state index contributed by atoms with van der Waals surface area (Å²) < 4.78 is 0. The van der Waals surface area contributed by atoms with E-state index in [1.165, 1.54) is 0 Å². The predicted octanol–water partition coefficient (Wildman–Crippen LogP) is 1.23. The van der Waals surface area contributed by atoms with Gasteiger partial charge in [0.25, 0.3) is 0 Å². The molecule has 0 bridgehead atoms. The summed E-state index contributed by atoms with van der Waals surface area (Å²) in [5.41, 5.74) is -0.849. The number of hydrogen-bond donors (Lipinski definition) is 2. The molecular weight excluding hydrogens is 232 g/mol. The van der Waals surface area contributed by atoms with Gasteiger partial charge in [-0.1, -0.05) is 13.3 Å². The van der Waals surface area contributed by atoms with Crippen LogP contribution in [0.15, 0.2) is 0 Å². The molecule has 0 radical (unpaired) electrons. The van der Waals surface area contributed by atoms with Gasteiger partial charge in [0.15, 0.2) is 0 Å². The molecule has 0 spiro atoms. The molecule has 1 heterocycles. The Kier molecular flexibility index (Phi) is 5.14. The Balaban J connectivity index is 2.52. The summed E-state index contributed by atoms with van der Waals surface area (Å²) in [6.45, 7) is 6.74. The number of carbonyl (C=O) groups is 2. The van der Waals surface area contributed by atoms with Crippen molar-refractivity contribution in [3.8, 4) is 0 Å². The molecule has 18 heavy (non-hydrogen) atoms. The fourth-order valence-electron chi connectivity index (χ4n) is 2.53. The summed E-state index contributed by atoms with van der Waals surface area (Å²) in [7, 11) is 0. The first-order valence-electron chi connectivity index (χ1n) is 6.65. The van der Waals surface area contributed by atoms with Crippen LogP contribution in [0.2, 0.25) is 0 Å². The second-order valence-electron chi connectivity index (χ2n) is 5.31. The van der Waals surface area contributed by atoms with Crippen molar-refractivity contribution in [2.24, 2.45) is 0 Å². The third-order valence-corrected chi connectivity index (χ3v) is 3.69. The maximum atomic E-state index is 11.3. The Morgan fingerprint density at radius 2 is 1.94 bits per heavy atom. The van der Waals surface area contributed by atoms with Crippen LogP contribution in [0.5, 0.6) is 0 Å². The van der Waals surface area contributed by atoms with Crippen LogP contribution >= 0.6 is 0 Å². The van der Waals surface area contributed by atoms with Crippen LogP contribution in [-0.2, 0) is 9.59 Å². The van der Waals surface area contributed by atoms with E-state index in [-0.39, 0.29) is 11.9 Å².